The number of fused-ring (bicyclic) bond motifs is 1. The van der Waals surface area contributed by atoms with E-state index in [1.807, 2.05) is 12.1 Å². The minimum Gasteiger partial charge on any atom is -0.454 e. The number of hydrogen-bond acceptors (Lipinski definition) is 6. The predicted octanol–water partition coefficient (Wildman–Crippen LogP) is 1.99. The Kier molecular flexibility index (Phi) is 5.06. The number of carbonyl (C=O) groups excluding carboxylic acids is 2. The topological polar surface area (TPSA) is 74.4 Å². The molecule has 0 aromatic heterocycles. The van der Waals surface area contributed by atoms with Crippen LogP contribution in [0.4, 0.5) is 4.79 Å². The fraction of sp³-hybridized carbons (Fsp3) is 0.636. The van der Waals surface area contributed by atoms with Gasteiger partial charge in [-0.3, -0.25) is 14.6 Å². The largest absolute Gasteiger partial charge is 0.454 e. The molecule has 162 valence electrons. The molecule has 0 bridgehead atoms. The maximum absolute atomic E-state index is 13.2. The van der Waals surface area contributed by atoms with E-state index in [1.54, 1.807) is 0 Å². The van der Waals surface area contributed by atoms with Gasteiger partial charge in [-0.05, 0) is 36.5 Å². The van der Waals surface area contributed by atoms with E-state index in [0.717, 1.165) is 69.9 Å². The molecule has 1 aliphatic carbocycles. The van der Waals surface area contributed by atoms with Gasteiger partial charge in [0.05, 0.1) is 6.67 Å². The molecule has 3 amide bonds. The van der Waals surface area contributed by atoms with Crippen molar-refractivity contribution in [3.63, 3.8) is 0 Å². The van der Waals surface area contributed by atoms with Crippen LogP contribution < -0.4 is 14.8 Å². The first-order valence-corrected chi connectivity index (χ1v) is 11.0. The Balaban J connectivity index is 1.15. The third-order valence-corrected chi connectivity index (χ3v) is 7.15. The van der Waals surface area contributed by atoms with Crippen molar-refractivity contribution in [2.24, 2.45) is 5.92 Å². The van der Waals surface area contributed by atoms with Crippen LogP contribution in [0, 0.1) is 5.92 Å². The molecule has 0 unspecified atom stereocenters. The van der Waals surface area contributed by atoms with Crippen LogP contribution in [0.1, 0.15) is 38.2 Å². The summed E-state index contributed by atoms with van der Waals surface area (Å²) in [5.41, 5.74) is 0.534. The second-order valence-corrected chi connectivity index (χ2v) is 9.00. The van der Waals surface area contributed by atoms with Crippen molar-refractivity contribution in [2.45, 2.75) is 44.7 Å². The number of urea groups is 1. The van der Waals surface area contributed by atoms with E-state index < -0.39 is 5.54 Å². The van der Waals surface area contributed by atoms with Gasteiger partial charge in [-0.2, -0.15) is 0 Å². The van der Waals surface area contributed by atoms with Gasteiger partial charge in [-0.15, -0.1) is 0 Å². The van der Waals surface area contributed by atoms with Crippen molar-refractivity contribution in [3.05, 3.63) is 23.8 Å². The smallest absolute Gasteiger partial charge is 0.326 e. The van der Waals surface area contributed by atoms with Gasteiger partial charge in [0.1, 0.15) is 5.54 Å². The highest BCUT2D eigenvalue weighted by atomic mass is 16.7. The molecule has 4 aliphatic rings. The van der Waals surface area contributed by atoms with E-state index in [0.29, 0.717) is 13.5 Å². The van der Waals surface area contributed by atoms with Crippen LogP contribution >= 0.6 is 0 Å². The zero-order valence-electron chi connectivity index (χ0n) is 17.6. The maximum atomic E-state index is 13.2. The average molecular weight is 415 g/mol. The van der Waals surface area contributed by atoms with Crippen molar-refractivity contribution >= 4 is 11.9 Å². The molecule has 30 heavy (non-hydrogen) atoms. The Bertz CT molecular complexity index is 838. The van der Waals surface area contributed by atoms with Crippen LogP contribution in [0.25, 0.3) is 0 Å². The Hall–Kier alpha value is -2.32. The summed E-state index contributed by atoms with van der Waals surface area (Å²) in [6, 6.07) is 5.87. The van der Waals surface area contributed by atoms with Gasteiger partial charge in [0, 0.05) is 32.7 Å². The lowest BCUT2D eigenvalue weighted by molar-refractivity contribution is -0.136. The quantitative estimate of drug-likeness (QED) is 0.760. The van der Waals surface area contributed by atoms with Gasteiger partial charge in [0.2, 0.25) is 6.79 Å². The summed E-state index contributed by atoms with van der Waals surface area (Å²) in [7, 11) is 0. The molecule has 5 rings (SSSR count). The summed E-state index contributed by atoms with van der Waals surface area (Å²) in [6.07, 6.45) is 3.90. The van der Waals surface area contributed by atoms with E-state index >= 15 is 0 Å². The molecule has 1 aromatic carbocycles. The SMILES string of the molecule is C[C@H]1CCCC[C@]12NC(=O)N(CN1CCN(Cc3ccc4c(c3)OCO4)CC1)C2=O. The lowest BCUT2D eigenvalue weighted by Gasteiger charge is -2.38. The summed E-state index contributed by atoms with van der Waals surface area (Å²) >= 11 is 0. The zero-order valence-corrected chi connectivity index (χ0v) is 17.6. The number of piperazine rings is 1. The summed E-state index contributed by atoms with van der Waals surface area (Å²) in [5, 5.41) is 3.05. The number of amides is 3. The van der Waals surface area contributed by atoms with E-state index in [-0.39, 0.29) is 17.9 Å². The van der Waals surface area contributed by atoms with E-state index in [9.17, 15) is 9.59 Å². The number of ether oxygens (including phenoxy) is 2. The number of nitrogens with zero attached hydrogens (tertiary/aromatic N) is 3. The van der Waals surface area contributed by atoms with Crippen molar-refractivity contribution in [1.82, 2.24) is 20.0 Å². The summed E-state index contributed by atoms with van der Waals surface area (Å²) in [5.74, 6) is 1.80. The van der Waals surface area contributed by atoms with Gasteiger partial charge in [-0.1, -0.05) is 25.8 Å². The fourth-order valence-electron chi connectivity index (χ4n) is 5.21. The molecule has 3 heterocycles. The van der Waals surface area contributed by atoms with Crippen LogP contribution in [-0.4, -0.2) is 71.8 Å². The number of hydrogen-bond donors (Lipinski definition) is 1. The van der Waals surface area contributed by atoms with Gasteiger partial charge in [0.15, 0.2) is 11.5 Å². The first-order valence-electron chi connectivity index (χ1n) is 11.0. The number of nitrogens with one attached hydrogen (secondary N) is 1. The lowest BCUT2D eigenvalue weighted by atomic mass is 9.73. The molecule has 1 N–H and O–H groups in total. The second-order valence-electron chi connectivity index (χ2n) is 9.00. The van der Waals surface area contributed by atoms with Gasteiger partial charge >= 0.3 is 6.03 Å². The Labute approximate surface area is 177 Å². The number of imide groups is 1. The Morgan fingerprint density at radius 2 is 1.83 bits per heavy atom. The molecule has 2 atom stereocenters. The van der Waals surface area contributed by atoms with Crippen molar-refractivity contribution in [1.29, 1.82) is 0 Å². The molecule has 8 heteroatoms. The van der Waals surface area contributed by atoms with Gasteiger partial charge in [-0.25, -0.2) is 9.69 Å². The highest BCUT2D eigenvalue weighted by Gasteiger charge is 2.55. The minimum atomic E-state index is -0.670. The summed E-state index contributed by atoms with van der Waals surface area (Å²) in [4.78, 5) is 31.8. The highest BCUT2D eigenvalue weighted by Crippen LogP contribution is 2.38. The van der Waals surface area contributed by atoms with Gasteiger partial charge in [0.25, 0.3) is 5.91 Å². The van der Waals surface area contributed by atoms with Crippen molar-refractivity contribution in [3.8, 4) is 11.5 Å². The Morgan fingerprint density at radius 1 is 1.07 bits per heavy atom. The van der Waals surface area contributed by atoms with Crippen LogP contribution in [0.2, 0.25) is 0 Å². The lowest BCUT2D eigenvalue weighted by Crippen LogP contribution is -2.55. The first-order chi connectivity index (χ1) is 14.5. The predicted molar refractivity (Wildman–Crippen MR) is 110 cm³/mol. The second kappa shape index (κ2) is 7.74. The zero-order chi connectivity index (χ0) is 20.7. The molecule has 8 nitrogen and oxygen atoms in total. The van der Waals surface area contributed by atoms with E-state index in [4.69, 9.17) is 9.47 Å². The standard InChI is InChI=1S/C22H30N4O4/c1-16-4-2-3-7-22(16)20(27)26(21(28)23-22)14-25-10-8-24(9-11-25)13-17-5-6-18-19(12-17)30-15-29-18/h5-6,12,16H,2-4,7-11,13-15H2,1H3,(H,23,28)/t16-,22-/m0/s1. The highest BCUT2D eigenvalue weighted by molar-refractivity contribution is 6.07. The molecule has 1 saturated carbocycles. The first kappa shape index (κ1) is 19.6. The molecule has 1 spiro atoms. The summed E-state index contributed by atoms with van der Waals surface area (Å²) in [6.45, 7) is 7.11. The summed E-state index contributed by atoms with van der Waals surface area (Å²) < 4.78 is 10.8. The van der Waals surface area contributed by atoms with Crippen LogP contribution in [0.3, 0.4) is 0 Å². The minimum absolute atomic E-state index is 0.0255. The van der Waals surface area contributed by atoms with E-state index in [1.165, 1.54) is 10.5 Å². The monoisotopic (exact) mass is 414 g/mol. The Morgan fingerprint density at radius 3 is 2.63 bits per heavy atom. The number of rotatable bonds is 4. The van der Waals surface area contributed by atoms with E-state index in [2.05, 4.69) is 28.1 Å². The number of benzene rings is 1. The van der Waals surface area contributed by atoms with Crippen molar-refractivity contribution in [2.75, 3.05) is 39.6 Å². The van der Waals surface area contributed by atoms with Crippen LogP contribution in [-0.2, 0) is 11.3 Å². The molecule has 3 fully saturated rings. The molecule has 0 radical (unpaired) electrons. The van der Waals surface area contributed by atoms with Crippen molar-refractivity contribution < 1.29 is 19.1 Å². The molecule has 2 saturated heterocycles. The molecule has 1 aromatic rings. The molecular weight excluding hydrogens is 384 g/mol. The van der Waals surface area contributed by atoms with Crippen LogP contribution in [0.5, 0.6) is 11.5 Å². The third-order valence-electron chi connectivity index (χ3n) is 7.15. The molecular formula is C22H30N4O4. The fourth-order valence-corrected chi connectivity index (χ4v) is 5.21. The average Bonchev–Trinajstić information content (AvgIpc) is 3.30. The van der Waals surface area contributed by atoms with Gasteiger partial charge < -0.3 is 14.8 Å². The maximum Gasteiger partial charge on any atom is 0.326 e. The molecule has 3 aliphatic heterocycles. The number of carbonyl (C=O) groups is 2. The normalized spacial score (nSPS) is 29.6. The third kappa shape index (κ3) is 3.41. The van der Waals surface area contributed by atoms with Crippen LogP contribution in [0.15, 0.2) is 18.2 Å².